The van der Waals surface area contributed by atoms with Crippen molar-refractivity contribution >= 4 is 5.91 Å². The Bertz CT molecular complexity index is 441. The average Bonchev–Trinajstić information content (AvgIpc) is 2.24. The monoisotopic (exact) mass is 244 g/mol. The number of halogens is 3. The van der Waals surface area contributed by atoms with Gasteiger partial charge in [0, 0.05) is 6.54 Å². The van der Waals surface area contributed by atoms with Crippen LogP contribution in [0.1, 0.15) is 21.7 Å². The fourth-order valence-corrected chi connectivity index (χ4v) is 1.22. The van der Waals surface area contributed by atoms with Crippen molar-refractivity contribution < 1.29 is 18.0 Å². The summed E-state index contributed by atoms with van der Waals surface area (Å²) in [7, 11) is 0. The first-order valence-electron chi connectivity index (χ1n) is 4.80. The van der Waals surface area contributed by atoms with Crippen LogP contribution >= 0.6 is 0 Å². The highest BCUT2D eigenvalue weighted by molar-refractivity contribution is 5.95. The highest BCUT2D eigenvalue weighted by Crippen LogP contribution is 2.28. The Morgan fingerprint density at radius 2 is 2.18 bits per heavy atom. The van der Waals surface area contributed by atoms with Crippen LogP contribution in [0.3, 0.4) is 0 Å². The molecule has 0 aromatic carbocycles. The van der Waals surface area contributed by atoms with E-state index >= 15 is 0 Å². The molecular weight excluding hydrogens is 233 g/mol. The second-order valence-electron chi connectivity index (χ2n) is 3.33. The lowest BCUT2D eigenvalue weighted by molar-refractivity contribution is -0.141. The van der Waals surface area contributed by atoms with Gasteiger partial charge in [-0.25, -0.2) is 4.98 Å². The predicted octanol–water partition coefficient (Wildman–Crippen LogP) is 2.32. The van der Waals surface area contributed by atoms with Crippen molar-refractivity contribution in [1.82, 2.24) is 10.3 Å². The van der Waals surface area contributed by atoms with E-state index in [4.69, 9.17) is 0 Å². The fourth-order valence-electron chi connectivity index (χ4n) is 1.22. The van der Waals surface area contributed by atoms with E-state index in [-0.39, 0.29) is 17.8 Å². The van der Waals surface area contributed by atoms with Crippen LogP contribution in [0.5, 0.6) is 0 Å². The van der Waals surface area contributed by atoms with Crippen molar-refractivity contribution in [1.29, 1.82) is 0 Å². The Hall–Kier alpha value is -1.85. The van der Waals surface area contributed by atoms with E-state index in [1.165, 1.54) is 13.0 Å². The van der Waals surface area contributed by atoms with Gasteiger partial charge in [0.1, 0.15) is 5.69 Å². The largest absolute Gasteiger partial charge is 0.433 e. The second-order valence-corrected chi connectivity index (χ2v) is 3.33. The van der Waals surface area contributed by atoms with E-state index in [2.05, 4.69) is 16.9 Å². The Balaban J connectivity index is 2.98. The molecule has 0 saturated carbocycles. The number of carbonyl (C=O) groups is 1. The molecule has 0 aliphatic carbocycles. The van der Waals surface area contributed by atoms with Gasteiger partial charge in [0.2, 0.25) is 0 Å². The molecular formula is C11H11F3N2O. The molecule has 92 valence electrons. The number of hydrogen-bond donors (Lipinski definition) is 1. The lowest BCUT2D eigenvalue weighted by atomic mass is 10.1. The number of alkyl halides is 3. The summed E-state index contributed by atoms with van der Waals surface area (Å²) in [4.78, 5) is 14.9. The molecule has 0 spiro atoms. The summed E-state index contributed by atoms with van der Waals surface area (Å²) in [5.74, 6) is -0.469. The van der Waals surface area contributed by atoms with Crippen LogP contribution in [-0.4, -0.2) is 17.4 Å². The van der Waals surface area contributed by atoms with Gasteiger partial charge in [0.25, 0.3) is 5.91 Å². The van der Waals surface area contributed by atoms with Crippen LogP contribution in [0, 0.1) is 6.92 Å². The summed E-state index contributed by atoms with van der Waals surface area (Å²) >= 11 is 0. The minimum absolute atomic E-state index is 0.0430. The summed E-state index contributed by atoms with van der Waals surface area (Å²) in [5.41, 5.74) is -0.837. The number of pyridine rings is 1. The molecule has 0 fully saturated rings. The van der Waals surface area contributed by atoms with Crippen molar-refractivity contribution in [2.75, 3.05) is 6.54 Å². The molecule has 0 aliphatic heterocycles. The lowest BCUT2D eigenvalue weighted by Gasteiger charge is -2.09. The number of nitrogens with one attached hydrogen (secondary N) is 1. The molecule has 0 unspecified atom stereocenters. The Morgan fingerprint density at radius 3 is 2.65 bits per heavy atom. The van der Waals surface area contributed by atoms with Gasteiger partial charge in [-0.15, -0.1) is 6.58 Å². The smallest absolute Gasteiger partial charge is 0.349 e. The number of nitrogens with zero attached hydrogens (tertiary/aromatic N) is 1. The number of aromatic nitrogens is 1. The molecule has 1 amide bonds. The third kappa shape index (κ3) is 3.30. The zero-order valence-corrected chi connectivity index (χ0v) is 9.14. The fraction of sp³-hybridized carbons (Fsp3) is 0.273. The number of aryl methyl sites for hydroxylation is 1. The molecule has 0 radical (unpaired) electrons. The maximum atomic E-state index is 12.3. The van der Waals surface area contributed by atoms with Crippen LogP contribution in [-0.2, 0) is 6.18 Å². The molecule has 0 bridgehead atoms. The SMILES string of the molecule is C=CCNC(=O)c1ccc(C(F)(F)F)nc1C. The first-order valence-corrected chi connectivity index (χ1v) is 4.80. The van der Waals surface area contributed by atoms with Crippen LogP contribution < -0.4 is 5.32 Å². The molecule has 1 heterocycles. The van der Waals surface area contributed by atoms with Crippen molar-refractivity contribution in [2.24, 2.45) is 0 Å². The van der Waals surface area contributed by atoms with Crippen LogP contribution in [0.15, 0.2) is 24.8 Å². The Labute approximate surface area is 96.4 Å². The number of hydrogen-bond acceptors (Lipinski definition) is 2. The molecule has 1 aromatic heterocycles. The van der Waals surface area contributed by atoms with Crippen LogP contribution in [0.4, 0.5) is 13.2 Å². The molecule has 17 heavy (non-hydrogen) atoms. The molecule has 1 aromatic rings. The quantitative estimate of drug-likeness (QED) is 0.829. The van der Waals surface area contributed by atoms with E-state index < -0.39 is 17.8 Å². The van der Waals surface area contributed by atoms with E-state index in [1.54, 1.807) is 0 Å². The summed E-state index contributed by atoms with van der Waals surface area (Å²) in [6.07, 6.45) is -3.02. The van der Waals surface area contributed by atoms with Gasteiger partial charge in [0.15, 0.2) is 0 Å². The Kier molecular flexibility index (Phi) is 3.88. The van der Waals surface area contributed by atoms with Crippen molar-refractivity contribution in [3.05, 3.63) is 41.7 Å². The van der Waals surface area contributed by atoms with Gasteiger partial charge < -0.3 is 5.32 Å². The normalized spacial score (nSPS) is 11.1. The molecule has 0 saturated heterocycles. The molecule has 3 nitrogen and oxygen atoms in total. The maximum Gasteiger partial charge on any atom is 0.433 e. The zero-order valence-electron chi connectivity index (χ0n) is 9.14. The molecule has 0 aliphatic rings. The van der Waals surface area contributed by atoms with Gasteiger partial charge in [-0.1, -0.05) is 6.08 Å². The van der Waals surface area contributed by atoms with E-state index in [0.717, 1.165) is 12.1 Å². The van der Waals surface area contributed by atoms with Crippen molar-refractivity contribution in [3.63, 3.8) is 0 Å². The van der Waals surface area contributed by atoms with Gasteiger partial charge in [-0.05, 0) is 19.1 Å². The lowest BCUT2D eigenvalue weighted by Crippen LogP contribution is -2.24. The first kappa shape index (κ1) is 13.2. The summed E-state index contributed by atoms with van der Waals surface area (Å²) in [6.45, 7) is 5.02. The summed E-state index contributed by atoms with van der Waals surface area (Å²) < 4.78 is 37.0. The summed E-state index contributed by atoms with van der Waals surface area (Å²) in [6, 6.07) is 1.90. The van der Waals surface area contributed by atoms with Crippen molar-refractivity contribution in [3.8, 4) is 0 Å². The van der Waals surface area contributed by atoms with Gasteiger partial charge in [0.05, 0.1) is 11.3 Å². The number of rotatable bonds is 3. The second kappa shape index (κ2) is 4.99. The van der Waals surface area contributed by atoms with Crippen LogP contribution in [0.2, 0.25) is 0 Å². The van der Waals surface area contributed by atoms with Gasteiger partial charge >= 0.3 is 6.18 Å². The van der Waals surface area contributed by atoms with E-state index in [9.17, 15) is 18.0 Å². The molecule has 6 heteroatoms. The highest BCUT2D eigenvalue weighted by Gasteiger charge is 2.32. The molecule has 1 N–H and O–H groups in total. The third-order valence-corrected chi connectivity index (χ3v) is 2.03. The maximum absolute atomic E-state index is 12.3. The average molecular weight is 244 g/mol. The van der Waals surface area contributed by atoms with Gasteiger partial charge in [-0.2, -0.15) is 13.2 Å². The highest BCUT2D eigenvalue weighted by atomic mass is 19.4. The van der Waals surface area contributed by atoms with Crippen LogP contribution in [0.25, 0.3) is 0 Å². The first-order chi connectivity index (χ1) is 7.86. The number of amides is 1. The van der Waals surface area contributed by atoms with Gasteiger partial charge in [-0.3, -0.25) is 4.79 Å². The molecule has 1 rings (SSSR count). The molecule has 0 atom stereocenters. The zero-order chi connectivity index (χ0) is 13.1. The topological polar surface area (TPSA) is 42.0 Å². The standard InChI is InChI=1S/C11H11F3N2O/c1-3-6-15-10(17)8-4-5-9(11(12,13)14)16-7(8)2/h3-5H,1,6H2,2H3,(H,15,17). The van der Waals surface area contributed by atoms with E-state index in [0.29, 0.717) is 0 Å². The summed E-state index contributed by atoms with van der Waals surface area (Å²) in [5, 5.41) is 2.47. The number of carbonyl (C=O) groups excluding carboxylic acids is 1. The van der Waals surface area contributed by atoms with Crippen molar-refractivity contribution in [2.45, 2.75) is 13.1 Å². The van der Waals surface area contributed by atoms with E-state index in [1.807, 2.05) is 0 Å². The minimum Gasteiger partial charge on any atom is -0.349 e. The predicted molar refractivity (Wildman–Crippen MR) is 56.5 cm³/mol. The minimum atomic E-state index is -4.50. The third-order valence-electron chi connectivity index (χ3n) is 2.03. The Morgan fingerprint density at radius 1 is 1.53 bits per heavy atom.